The van der Waals surface area contributed by atoms with Crippen LogP contribution in [0.2, 0.25) is 0 Å². The van der Waals surface area contributed by atoms with Crippen LogP contribution in [0.25, 0.3) is 6.08 Å². The molecule has 7 heteroatoms. The van der Waals surface area contributed by atoms with Crippen molar-refractivity contribution in [2.24, 2.45) is 0 Å². The highest BCUT2D eigenvalue weighted by atomic mass is 79.9. The van der Waals surface area contributed by atoms with E-state index < -0.39 is 5.97 Å². The van der Waals surface area contributed by atoms with Gasteiger partial charge in [-0.05, 0) is 54.6 Å². The highest BCUT2D eigenvalue weighted by Gasteiger charge is 2.28. The average Bonchev–Trinajstić information content (AvgIpc) is 3.09. The number of fused-ring (bicyclic) bond motifs is 1. The van der Waals surface area contributed by atoms with Crippen molar-refractivity contribution in [2.75, 3.05) is 14.2 Å². The Hall–Kier alpha value is -3.58. The Morgan fingerprint density at radius 2 is 1.68 bits per heavy atom. The van der Waals surface area contributed by atoms with E-state index in [1.165, 1.54) is 13.2 Å². The van der Waals surface area contributed by atoms with Crippen LogP contribution in [0.3, 0.4) is 0 Å². The summed E-state index contributed by atoms with van der Waals surface area (Å²) in [6, 6.07) is 16.7. The molecule has 0 saturated carbocycles. The fourth-order valence-electron chi connectivity index (χ4n) is 3.06. The number of halogens is 1. The predicted octanol–water partition coefficient (Wildman–Crippen LogP) is 5.30. The number of Topliss-reactive ketones (excluding diaryl/α,β-unsaturated/α-hetero) is 1. The lowest BCUT2D eigenvalue weighted by Gasteiger charge is -2.08. The van der Waals surface area contributed by atoms with E-state index in [-0.39, 0.29) is 17.3 Å². The van der Waals surface area contributed by atoms with Crippen LogP contribution >= 0.6 is 15.9 Å². The molecule has 1 heterocycles. The quantitative estimate of drug-likeness (QED) is 0.280. The molecule has 3 aromatic rings. The highest BCUT2D eigenvalue weighted by Crippen LogP contribution is 2.36. The first kappa shape index (κ1) is 20.7. The Balaban J connectivity index is 1.56. The van der Waals surface area contributed by atoms with E-state index in [1.54, 1.807) is 67.8 Å². The summed E-state index contributed by atoms with van der Waals surface area (Å²) in [7, 11) is 3.10. The summed E-state index contributed by atoms with van der Waals surface area (Å²) >= 11 is 3.33. The van der Waals surface area contributed by atoms with Crippen molar-refractivity contribution in [1.29, 1.82) is 0 Å². The number of allylic oxidation sites excluding steroid dienone is 1. The van der Waals surface area contributed by atoms with Gasteiger partial charge in [0.25, 0.3) is 0 Å². The lowest BCUT2D eigenvalue weighted by molar-refractivity contribution is 0.0734. The molecule has 0 fully saturated rings. The van der Waals surface area contributed by atoms with Crippen molar-refractivity contribution < 1.29 is 28.5 Å². The molecule has 3 aromatic carbocycles. The van der Waals surface area contributed by atoms with E-state index in [0.29, 0.717) is 33.9 Å². The Kier molecular flexibility index (Phi) is 5.77. The normalized spacial score (nSPS) is 13.5. The topological polar surface area (TPSA) is 71.1 Å². The number of esters is 1. The van der Waals surface area contributed by atoms with Gasteiger partial charge in [-0.3, -0.25) is 4.79 Å². The van der Waals surface area contributed by atoms with Crippen molar-refractivity contribution in [3.8, 4) is 23.0 Å². The molecular weight excluding hydrogens is 464 g/mol. The zero-order valence-corrected chi connectivity index (χ0v) is 18.3. The van der Waals surface area contributed by atoms with Gasteiger partial charge in [-0.2, -0.15) is 0 Å². The number of carbonyl (C=O) groups is 2. The number of methoxy groups -OCH3 is 2. The van der Waals surface area contributed by atoms with Crippen molar-refractivity contribution >= 4 is 33.8 Å². The number of benzene rings is 3. The average molecular weight is 481 g/mol. The Morgan fingerprint density at radius 1 is 0.935 bits per heavy atom. The van der Waals surface area contributed by atoms with E-state index >= 15 is 0 Å². The van der Waals surface area contributed by atoms with E-state index in [2.05, 4.69) is 15.9 Å². The molecule has 0 unspecified atom stereocenters. The number of hydrogen-bond acceptors (Lipinski definition) is 6. The highest BCUT2D eigenvalue weighted by molar-refractivity contribution is 9.10. The van der Waals surface area contributed by atoms with Gasteiger partial charge >= 0.3 is 5.97 Å². The SMILES string of the molecule is COc1ccc(C=C2Oc3cc(OC(=O)c4ccc(Br)cc4)ccc3C2=O)c(OC)c1. The summed E-state index contributed by atoms with van der Waals surface area (Å²) in [5.74, 6) is 1.16. The lowest BCUT2D eigenvalue weighted by Crippen LogP contribution is -2.08. The molecule has 0 spiro atoms. The van der Waals surface area contributed by atoms with Gasteiger partial charge < -0.3 is 18.9 Å². The van der Waals surface area contributed by atoms with Gasteiger partial charge in [0.05, 0.1) is 25.3 Å². The molecule has 0 amide bonds. The van der Waals surface area contributed by atoms with Crippen molar-refractivity contribution in [3.05, 3.63) is 87.6 Å². The molecule has 1 aliphatic rings. The summed E-state index contributed by atoms with van der Waals surface area (Å²) in [6.45, 7) is 0. The Labute approximate surface area is 187 Å². The van der Waals surface area contributed by atoms with Crippen LogP contribution in [0.15, 0.2) is 70.9 Å². The molecule has 0 saturated heterocycles. The van der Waals surface area contributed by atoms with Gasteiger partial charge in [-0.15, -0.1) is 0 Å². The Bertz CT molecular complexity index is 1200. The zero-order chi connectivity index (χ0) is 22.0. The molecule has 156 valence electrons. The molecule has 0 bridgehead atoms. The number of ether oxygens (including phenoxy) is 4. The van der Waals surface area contributed by atoms with Gasteiger partial charge in [0.1, 0.15) is 23.0 Å². The maximum Gasteiger partial charge on any atom is 0.343 e. The van der Waals surface area contributed by atoms with Gasteiger partial charge in [0.2, 0.25) is 5.78 Å². The standard InChI is InChI=1S/C24H17BrO6/c1-28-17-8-5-15(20(12-17)29-2)11-22-23(26)19-10-9-18(13-21(19)31-22)30-24(27)14-3-6-16(25)7-4-14/h3-13H,1-2H3. The van der Waals surface area contributed by atoms with Crippen LogP contribution in [0.5, 0.6) is 23.0 Å². The first-order valence-electron chi connectivity index (χ1n) is 9.26. The van der Waals surface area contributed by atoms with Crippen LogP contribution in [-0.2, 0) is 0 Å². The number of hydrogen-bond donors (Lipinski definition) is 0. The predicted molar refractivity (Wildman–Crippen MR) is 118 cm³/mol. The summed E-state index contributed by atoms with van der Waals surface area (Å²) in [6.07, 6.45) is 1.61. The fraction of sp³-hybridized carbons (Fsp3) is 0.0833. The molecule has 0 aliphatic carbocycles. The smallest absolute Gasteiger partial charge is 0.343 e. The second-order valence-corrected chi connectivity index (χ2v) is 7.52. The van der Waals surface area contributed by atoms with Gasteiger partial charge in [0, 0.05) is 22.2 Å². The van der Waals surface area contributed by atoms with E-state index in [1.807, 2.05) is 0 Å². The summed E-state index contributed by atoms with van der Waals surface area (Å²) < 4.78 is 22.6. The van der Waals surface area contributed by atoms with Gasteiger partial charge in [-0.25, -0.2) is 4.79 Å². The number of rotatable bonds is 5. The molecule has 0 N–H and O–H groups in total. The van der Waals surface area contributed by atoms with Crippen molar-refractivity contribution in [1.82, 2.24) is 0 Å². The largest absolute Gasteiger partial charge is 0.497 e. The maximum atomic E-state index is 12.7. The lowest BCUT2D eigenvalue weighted by atomic mass is 10.1. The molecule has 1 aliphatic heterocycles. The zero-order valence-electron chi connectivity index (χ0n) is 16.7. The third kappa shape index (κ3) is 4.32. The van der Waals surface area contributed by atoms with E-state index in [4.69, 9.17) is 18.9 Å². The minimum atomic E-state index is -0.504. The second kappa shape index (κ2) is 8.65. The van der Waals surface area contributed by atoms with Crippen molar-refractivity contribution in [2.45, 2.75) is 0 Å². The number of ketones is 1. The van der Waals surface area contributed by atoms with Crippen LogP contribution in [0, 0.1) is 0 Å². The molecule has 31 heavy (non-hydrogen) atoms. The van der Waals surface area contributed by atoms with Crippen LogP contribution in [0.1, 0.15) is 26.3 Å². The molecule has 6 nitrogen and oxygen atoms in total. The Morgan fingerprint density at radius 3 is 2.39 bits per heavy atom. The van der Waals surface area contributed by atoms with E-state index in [9.17, 15) is 9.59 Å². The monoisotopic (exact) mass is 480 g/mol. The van der Waals surface area contributed by atoms with Gasteiger partial charge in [0.15, 0.2) is 5.76 Å². The van der Waals surface area contributed by atoms with Crippen LogP contribution in [-0.4, -0.2) is 26.0 Å². The minimum Gasteiger partial charge on any atom is -0.497 e. The summed E-state index contributed by atoms with van der Waals surface area (Å²) in [5.41, 5.74) is 1.47. The van der Waals surface area contributed by atoms with E-state index in [0.717, 1.165) is 4.47 Å². The van der Waals surface area contributed by atoms with Crippen LogP contribution < -0.4 is 18.9 Å². The first-order chi connectivity index (χ1) is 15.0. The third-order valence-electron chi connectivity index (χ3n) is 4.66. The summed E-state index contributed by atoms with van der Waals surface area (Å²) in [4.78, 5) is 25.1. The molecule has 4 rings (SSSR count). The molecule has 0 aromatic heterocycles. The molecule has 0 radical (unpaired) electrons. The van der Waals surface area contributed by atoms with Crippen molar-refractivity contribution in [3.63, 3.8) is 0 Å². The van der Waals surface area contributed by atoms with Gasteiger partial charge in [-0.1, -0.05) is 15.9 Å². The summed E-state index contributed by atoms with van der Waals surface area (Å²) in [5, 5.41) is 0. The maximum absolute atomic E-state index is 12.7. The first-order valence-corrected chi connectivity index (χ1v) is 10.1. The minimum absolute atomic E-state index is 0.148. The number of carbonyl (C=O) groups excluding carboxylic acids is 2. The molecule has 0 atom stereocenters. The second-order valence-electron chi connectivity index (χ2n) is 6.60. The fourth-order valence-corrected chi connectivity index (χ4v) is 3.33. The van der Waals surface area contributed by atoms with Crippen LogP contribution in [0.4, 0.5) is 0 Å². The molecular formula is C24H17BrO6. The third-order valence-corrected chi connectivity index (χ3v) is 5.19.